The minimum Gasteiger partial charge on any atom is -0.467 e. The first-order valence-electron chi connectivity index (χ1n) is 7.19. The van der Waals surface area contributed by atoms with Crippen LogP contribution in [0.2, 0.25) is 0 Å². The summed E-state index contributed by atoms with van der Waals surface area (Å²) in [5, 5.41) is 3.18. The second-order valence-corrected chi connectivity index (χ2v) is 4.79. The van der Waals surface area contributed by atoms with Crippen LogP contribution in [0.15, 0.2) is 30.3 Å². The number of carbonyl (C=O) groups is 1. The summed E-state index contributed by atoms with van der Waals surface area (Å²) in [6.07, 6.45) is 0.682. The van der Waals surface area contributed by atoms with Gasteiger partial charge in [0.15, 0.2) is 0 Å². The minimum absolute atomic E-state index is 0.238. The smallest absolute Gasteiger partial charge is 0.330 e. The topological polar surface area (TPSA) is 41.6 Å². The molecule has 4 nitrogen and oxygen atoms in total. The molecule has 0 spiro atoms. The lowest BCUT2D eigenvalue weighted by molar-refractivity contribution is -0.149. The number of hydrogen-bond donors (Lipinski definition) is 1. The van der Waals surface area contributed by atoms with E-state index in [-0.39, 0.29) is 5.97 Å². The first-order chi connectivity index (χ1) is 9.64. The second kappa shape index (κ2) is 8.02. The number of likely N-dealkylation sites (N-methyl/N-ethyl adjacent to an activating group) is 1. The number of esters is 1. The fraction of sp³-hybridized carbons (Fsp3) is 0.562. The van der Waals surface area contributed by atoms with Crippen LogP contribution in [-0.2, 0) is 15.1 Å². The Morgan fingerprint density at radius 3 is 2.30 bits per heavy atom. The summed E-state index contributed by atoms with van der Waals surface area (Å²) in [5.41, 5.74) is 0.167. The normalized spacial score (nSPS) is 14.1. The molecule has 4 heteroatoms. The SMILES string of the molecule is CCN(CC)CCC(NC)(C(=O)OC)c1ccccc1. The first-order valence-corrected chi connectivity index (χ1v) is 7.19. The highest BCUT2D eigenvalue weighted by atomic mass is 16.5. The van der Waals surface area contributed by atoms with Gasteiger partial charge in [0.05, 0.1) is 7.11 Å². The number of benzene rings is 1. The third kappa shape index (κ3) is 3.58. The van der Waals surface area contributed by atoms with E-state index in [4.69, 9.17) is 4.74 Å². The molecule has 1 N–H and O–H groups in total. The van der Waals surface area contributed by atoms with Crippen molar-refractivity contribution in [3.8, 4) is 0 Å². The van der Waals surface area contributed by atoms with Gasteiger partial charge in [0, 0.05) is 6.54 Å². The largest absolute Gasteiger partial charge is 0.467 e. The van der Waals surface area contributed by atoms with Gasteiger partial charge in [-0.3, -0.25) is 0 Å². The van der Waals surface area contributed by atoms with Gasteiger partial charge in [-0.1, -0.05) is 44.2 Å². The molecule has 1 unspecified atom stereocenters. The van der Waals surface area contributed by atoms with Gasteiger partial charge in [-0.15, -0.1) is 0 Å². The number of nitrogens with zero attached hydrogens (tertiary/aromatic N) is 1. The summed E-state index contributed by atoms with van der Waals surface area (Å²) in [6, 6.07) is 9.78. The average Bonchev–Trinajstić information content (AvgIpc) is 2.52. The van der Waals surface area contributed by atoms with Gasteiger partial charge in [-0.2, -0.15) is 0 Å². The van der Waals surface area contributed by atoms with E-state index in [0.717, 1.165) is 25.2 Å². The summed E-state index contributed by atoms with van der Waals surface area (Å²) >= 11 is 0. The maximum Gasteiger partial charge on any atom is 0.330 e. The highest BCUT2D eigenvalue weighted by Crippen LogP contribution is 2.26. The lowest BCUT2D eigenvalue weighted by atomic mass is 9.86. The van der Waals surface area contributed by atoms with E-state index in [0.29, 0.717) is 6.42 Å². The highest BCUT2D eigenvalue weighted by Gasteiger charge is 2.39. The number of methoxy groups -OCH3 is 1. The Bertz CT molecular complexity index is 404. The molecule has 112 valence electrons. The zero-order chi connectivity index (χ0) is 15.0. The molecule has 0 fully saturated rings. The predicted octanol–water partition coefficient (Wildman–Crippen LogP) is 2.01. The quantitative estimate of drug-likeness (QED) is 0.739. The van der Waals surface area contributed by atoms with Crippen LogP contribution in [0.4, 0.5) is 0 Å². The summed E-state index contributed by atoms with van der Waals surface area (Å²) < 4.78 is 5.04. The number of carbonyl (C=O) groups excluding carboxylic acids is 1. The number of ether oxygens (including phenoxy) is 1. The van der Waals surface area contributed by atoms with E-state index >= 15 is 0 Å². The van der Waals surface area contributed by atoms with Crippen LogP contribution in [0, 0.1) is 0 Å². The van der Waals surface area contributed by atoms with Crippen molar-refractivity contribution in [3.63, 3.8) is 0 Å². The molecule has 0 saturated heterocycles. The lowest BCUT2D eigenvalue weighted by Gasteiger charge is -2.33. The first kappa shape index (κ1) is 16.7. The number of rotatable bonds is 8. The average molecular weight is 278 g/mol. The van der Waals surface area contributed by atoms with Crippen LogP contribution in [0.25, 0.3) is 0 Å². The van der Waals surface area contributed by atoms with Crippen LogP contribution >= 0.6 is 0 Å². The van der Waals surface area contributed by atoms with Crippen molar-refractivity contribution in [2.24, 2.45) is 0 Å². The zero-order valence-electron chi connectivity index (χ0n) is 13.0. The molecule has 0 aliphatic carbocycles. The molecule has 1 aromatic rings. The third-order valence-electron chi connectivity index (χ3n) is 3.92. The van der Waals surface area contributed by atoms with Crippen molar-refractivity contribution in [3.05, 3.63) is 35.9 Å². The van der Waals surface area contributed by atoms with E-state index in [2.05, 4.69) is 24.1 Å². The lowest BCUT2D eigenvalue weighted by Crippen LogP contribution is -2.50. The van der Waals surface area contributed by atoms with Crippen molar-refractivity contribution in [2.45, 2.75) is 25.8 Å². The fourth-order valence-corrected chi connectivity index (χ4v) is 2.50. The van der Waals surface area contributed by atoms with Gasteiger partial charge < -0.3 is 15.0 Å². The molecule has 0 aliphatic rings. The molecular weight excluding hydrogens is 252 g/mol. The molecule has 0 bridgehead atoms. The van der Waals surface area contributed by atoms with E-state index in [1.54, 1.807) is 0 Å². The van der Waals surface area contributed by atoms with Crippen LogP contribution in [-0.4, -0.2) is 44.7 Å². The Morgan fingerprint density at radius 2 is 1.85 bits per heavy atom. The second-order valence-electron chi connectivity index (χ2n) is 4.79. The fourth-order valence-electron chi connectivity index (χ4n) is 2.50. The molecule has 0 amide bonds. The highest BCUT2D eigenvalue weighted by molar-refractivity contribution is 5.82. The Hall–Kier alpha value is -1.39. The van der Waals surface area contributed by atoms with E-state index in [1.807, 2.05) is 37.4 Å². The zero-order valence-corrected chi connectivity index (χ0v) is 13.0. The van der Waals surface area contributed by atoms with Crippen molar-refractivity contribution in [1.82, 2.24) is 10.2 Å². The van der Waals surface area contributed by atoms with Gasteiger partial charge in [0.25, 0.3) is 0 Å². The summed E-state index contributed by atoms with van der Waals surface area (Å²) in [5.74, 6) is -0.238. The summed E-state index contributed by atoms with van der Waals surface area (Å²) in [7, 11) is 3.25. The molecule has 20 heavy (non-hydrogen) atoms. The van der Waals surface area contributed by atoms with Crippen molar-refractivity contribution >= 4 is 5.97 Å². The van der Waals surface area contributed by atoms with Gasteiger partial charge in [0.2, 0.25) is 0 Å². The van der Waals surface area contributed by atoms with Gasteiger partial charge in [0.1, 0.15) is 5.54 Å². The minimum atomic E-state index is -0.779. The molecule has 0 aliphatic heterocycles. The molecular formula is C16H26N2O2. The van der Waals surface area contributed by atoms with Gasteiger partial charge in [-0.05, 0) is 32.1 Å². The van der Waals surface area contributed by atoms with Crippen LogP contribution in [0.1, 0.15) is 25.8 Å². The van der Waals surface area contributed by atoms with Crippen molar-refractivity contribution < 1.29 is 9.53 Å². The van der Waals surface area contributed by atoms with Crippen LogP contribution in [0.3, 0.4) is 0 Å². The molecule has 1 atom stereocenters. The van der Waals surface area contributed by atoms with Crippen molar-refractivity contribution in [1.29, 1.82) is 0 Å². The molecule has 1 rings (SSSR count). The van der Waals surface area contributed by atoms with E-state index in [1.165, 1.54) is 7.11 Å². The van der Waals surface area contributed by atoms with Crippen molar-refractivity contribution in [2.75, 3.05) is 33.8 Å². The van der Waals surface area contributed by atoms with Gasteiger partial charge in [-0.25, -0.2) is 4.79 Å². The molecule has 0 saturated carbocycles. The molecule has 0 radical (unpaired) electrons. The molecule has 1 aromatic carbocycles. The number of nitrogens with one attached hydrogen (secondary N) is 1. The maximum atomic E-state index is 12.4. The Balaban J connectivity index is 3.04. The van der Waals surface area contributed by atoms with E-state index in [9.17, 15) is 4.79 Å². The number of hydrogen-bond acceptors (Lipinski definition) is 4. The monoisotopic (exact) mass is 278 g/mol. The van der Waals surface area contributed by atoms with Crippen LogP contribution in [0.5, 0.6) is 0 Å². The van der Waals surface area contributed by atoms with Gasteiger partial charge >= 0.3 is 5.97 Å². The maximum absolute atomic E-state index is 12.4. The Labute approximate surface area is 122 Å². The standard InChI is InChI=1S/C16H26N2O2/c1-5-18(6-2)13-12-16(17-3,15(19)20-4)14-10-8-7-9-11-14/h7-11,17H,5-6,12-13H2,1-4H3. The Morgan fingerprint density at radius 1 is 1.25 bits per heavy atom. The van der Waals surface area contributed by atoms with Crippen LogP contribution < -0.4 is 5.32 Å². The Kier molecular flexibility index (Phi) is 6.68. The van der Waals surface area contributed by atoms with E-state index < -0.39 is 5.54 Å². The molecule has 0 heterocycles. The predicted molar refractivity (Wildman–Crippen MR) is 81.6 cm³/mol. The molecule has 0 aromatic heterocycles. The third-order valence-corrected chi connectivity index (χ3v) is 3.92. The summed E-state index contributed by atoms with van der Waals surface area (Å²) in [4.78, 5) is 14.7. The summed E-state index contributed by atoms with van der Waals surface area (Å²) in [6.45, 7) is 7.06.